The minimum atomic E-state index is 0.0545. The summed E-state index contributed by atoms with van der Waals surface area (Å²) in [5.41, 5.74) is 0. The fraction of sp³-hybridized carbons (Fsp3) is 0.667. The Bertz CT molecular complexity index is 443. The van der Waals surface area contributed by atoms with Crippen molar-refractivity contribution in [3.63, 3.8) is 0 Å². The number of nitrogens with one attached hydrogen (secondary N) is 2. The monoisotopic (exact) mass is 284 g/mol. The van der Waals surface area contributed by atoms with Crippen molar-refractivity contribution in [1.29, 1.82) is 0 Å². The Balaban J connectivity index is 1.82. The number of nitrogens with zero attached hydrogens (tertiary/aromatic N) is 2. The Labute approximate surface area is 117 Å². The highest BCUT2D eigenvalue weighted by Gasteiger charge is 2.22. The van der Waals surface area contributed by atoms with Crippen LogP contribution in [0, 0.1) is 0 Å². The third kappa shape index (κ3) is 4.07. The SMILES string of the molecule is COc1nc(N(C)C)sc1CNCC(=O)NC1CC1. The average molecular weight is 284 g/mol. The number of anilines is 1. The summed E-state index contributed by atoms with van der Waals surface area (Å²) >= 11 is 1.57. The lowest BCUT2D eigenvalue weighted by atomic mass is 10.4. The van der Waals surface area contributed by atoms with Crippen molar-refractivity contribution in [2.75, 3.05) is 32.6 Å². The van der Waals surface area contributed by atoms with Gasteiger partial charge in [-0.25, -0.2) is 0 Å². The Kier molecular flexibility index (Phi) is 4.60. The van der Waals surface area contributed by atoms with Crippen molar-refractivity contribution in [2.24, 2.45) is 0 Å². The molecule has 19 heavy (non-hydrogen) atoms. The first-order chi connectivity index (χ1) is 9.10. The molecular formula is C12H20N4O2S. The first kappa shape index (κ1) is 14.1. The Morgan fingerprint density at radius 3 is 2.84 bits per heavy atom. The van der Waals surface area contributed by atoms with E-state index in [9.17, 15) is 4.79 Å². The van der Waals surface area contributed by atoms with Crippen molar-refractivity contribution in [1.82, 2.24) is 15.6 Å². The Morgan fingerprint density at radius 1 is 1.53 bits per heavy atom. The summed E-state index contributed by atoms with van der Waals surface area (Å²) in [6.45, 7) is 0.918. The van der Waals surface area contributed by atoms with E-state index < -0.39 is 0 Å². The second kappa shape index (κ2) is 6.21. The highest BCUT2D eigenvalue weighted by Crippen LogP contribution is 2.30. The molecule has 6 nitrogen and oxygen atoms in total. The first-order valence-electron chi connectivity index (χ1n) is 6.31. The molecule has 1 amide bonds. The van der Waals surface area contributed by atoms with Crippen molar-refractivity contribution in [3.05, 3.63) is 4.88 Å². The minimum absolute atomic E-state index is 0.0545. The molecule has 2 rings (SSSR count). The van der Waals surface area contributed by atoms with Gasteiger partial charge in [-0.1, -0.05) is 11.3 Å². The van der Waals surface area contributed by atoms with Crippen LogP contribution in [0.15, 0.2) is 0 Å². The van der Waals surface area contributed by atoms with E-state index in [1.54, 1.807) is 18.4 Å². The van der Waals surface area contributed by atoms with Crippen molar-refractivity contribution in [3.8, 4) is 5.88 Å². The fourth-order valence-electron chi connectivity index (χ4n) is 1.58. The number of hydrogen-bond donors (Lipinski definition) is 2. The first-order valence-corrected chi connectivity index (χ1v) is 7.13. The highest BCUT2D eigenvalue weighted by molar-refractivity contribution is 7.15. The molecule has 1 aliphatic rings. The summed E-state index contributed by atoms with van der Waals surface area (Å²) in [4.78, 5) is 18.8. The molecule has 0 bridgehead atoms. The molecular weight excluding hydrogens is 264 g/mol. The number of rotatable bonds is 7. The molecule has 0 saturated heterocycles. The molecule has 0 aliphatic heterocycles. The number of carbonyl (C=O) groups excluding carboxylic acids is 1. The summed E-state index contributed by atoms with van der Waals surface area (Å²) in [6, 6.07) is 0.410. The largest absolute Gasteiger partial charge is 0.480 e. The van der Waals surface area contributed by atoms with Crippen LogP contribution in [-0.2, 0) is 11.3 Å². The van der Waals surface area contributed by atoms with Crippen molar-refractivity contribution in [2.45, 2.75) is 25.4 Å². The molecule has 1 aromatic rings. The van der Waals surface area contributed by atoms with Crippen molar-refractivity contribution >= 4 is 22.4 Å². The van der Waals surface area contributed by atoms with Crippen LogP contribution in [0.3, 0.4) is 0 Å². The number of ether oxygens (including phenoxy) is 1. The number of amides is 1. The zero-order valence-electron chi connectivity index (χ0n) is 11.5. The van der Waals surface area contributed by atoms with Crippen LogP contribution in [0.5, 0.6) is 5.88 Å². The van der Waals surface area contributed by atoms with Crippen molar-refractivity contribution < 1.29 is 9.53 Å². The molecule has 0 radical (unpaired) electrons. The molecule has 1 aromatic heterocycles. The molecule has 0 spiro atoms. The predicted molar refractivity (Wildman–Crippen MR) is 75.9 cm³/mol. The van der Waals surface area contributed by atoms with E-state index in [1.807, 2.05) is 19.0 Å². The van der Waals surface area contributed by atoms with Crippen LogP contribution < -0.4 is 20.3 Å². The normalized spacial score (nSPS) is 14.3. The van der Waals surface area contributed by atoms with Crippen LogP contribution in [-0.4, -0.2) is 44.7 Å². The molecule has 1 fully saturated rings. The fourth-order valence-corrected chi connectivity index (χ4v) is 2.51. The van der Waals surface area contributed by atoms with Crippen LogP contribution in [0.25, 0.3) is 0 Å². The number of aromatic nitrogens is 1. The third-order valence-electron chi connectivity index (χ3n) is 2.74. The zero-order chi connectivity index (χ0) is 13.8. The Hall–Kier alpha value is -1.34. The van der Waals surface area contributed by atoms with E-state index in [-0.39, 0.29) is 5.91 Å². The lowest BCUT2D eigenvalue weighted by molar-refractivity contribution is -0.120. The van der Waals surface area contributed by atoms with Gasteiger partial charge >= 0.3 is 0 Å². The maximum absolute atomic E-state index is 11.5. The average Bonchev–Trinajstić information content (AvgIpc) is 3.07. The number of carbonyl (C=O) groups is 1. The third-order valence-corrected chi connectivity index (χ3v) is 3.94. The Morgan fingerprint density at radius 2 is 2.26 bits per heavy atom. The van der Waals surface area contributed by atoms with Crippen LogP contribution in [0.1, 0.15) is 17.7 Å². The van der Waals surface area contributed by atoms with E-state index >= 15 is 0 Å². The van der Waals surface area contributed by atoms with E-state index in [1.165, 1.54) is 0 Å². The molecule has 0 aromatic carbocycles. The van der Waals surface area contributed by atoms with Gasteiger partial charge in [0.05, 0.1) is 18.5 Å². The number of methoxy groups -OCH3 is 1. The zero-order valence-corrected chi connectivity index (χ0v) is 12.3. The van der Waals surface area contributed by atoms with Crippen LogP contribution >= 0.6 is 11.3 Å². The number of thiazole rings is 1. The topological polar surface area (TPSA) is 66.5 Å². The van der Waals surface area contributed by atoms with Gasteiger partial charge in [0.25, 0.3) is 0 Å². The maximum atomic E-state index is 11.5. The molecule has 0 unspecified atom stereocenters. The number of hydrogen-bond acceptors (Lipinski definition) is 6. The van der Waals surface area contributed by atoms with Gasteiger partial charge in [-0.3, -0.25) is 4.79 Å². The summed E-state index contributed by atoms with van der Waals surface area (Å²) in [6.07, 6.45) is 2.22. The van der Waals surface area contributed by atoms with Gasteiger partial charge in [0.2, 0.25) is 11.8 Å². The molecule has 0 atom stereocenters. The molecule has 1 saturated carbocycles. The highest BCUT2D eigenvalue weighted by atomic mass is 32.1. The summed E-state index contributed by atoms with van der Waals surface area (Å²) < 4.78 is 5.24. The molecule has 7 heteroatoms. The molecule has 1 heterocycles. The molecule has 2 N–H and O–H groups in total. The van der Waals surface area contributed by atoms with Gasteiger partial charge in [-0.15, -0.1) is 0 Å². The quantitative estimate of drug-likeness (QED) is 0.767. The molecule has 1 aliphatic carbocycles. The lowest BCUT2D eigenvalue weighted by Crippen LogP contribution is -2.34. The second-order valence-electron chi connectivity index (χ2n) is 4.77. The molecule has 106 valence electrons. The van der Waals surface area contributed by atoms with E-state index in [0.29, 0.717) is 25.0 Å². The summed E-state index contributed by atoms with van der Waals surface area (Å²) in [7, 11) is 5.49. The lowest BCUT2D eigenvalue weighted by Gasteiger charge is -2.05. The van der Waals surface area contributed by atoms with Gasteiger partial charge < -0.3 is 20.3 Å². The van der Waals surface area contributed by atoms with Gasteiger partial charge in [0, 0.05) is 26.7 Å². The second-order valence-corrected chi connectivity index (χ2v) is 5.83. The van der Waals surface area contributed by atoms with Gasteiger partial charge in [0.1, 0.15) is 0 Å². The minimum Gasteiger partial charge on any atom is -0.480 e. The van der Waals surface area contributed by atoms with Gasteiger partial charge in [0.15, 0.2) is 5.13 Å². The maximum Gasteiger partial charge on any atom is 0.234 e. The smallest absolute Gasteiger partial charge is 0.234 e. The standard InChI is InChI=1S/C12H20N4O2S/c1-16(2)12-15-11(18-3)9(19-12)6-13-7-10(17)14-8-4-5-8/h8,13H,4-7H2,1-3H3,(H,14,17). The van der Waals surface area contributed by atoms with Gasteiger partial charge in [-0.05, 0) is 12.8 Å². The van der Waals surface area contributed by atoms with E-state index in [4.69, 9.17) is 4.74 Å². The van der Waals surface area contributed by atoms with E-state index in [0.717, 1.165) is 22.9 Å². The van der Waals surface area contributed by atoms with E-state index in [2.05, 4.69) is 15.6 Å². The summed E-state index contributed by atoms with van der Waals surface area (Å²) in [5, 5.41) is 6.96. The van der Waals surface area contributed by atoms with Crippen LogP contribution in [0.2, 0.25) is 0 Å². The predicted octanol–water partition coefficient (Wildman–Crippen LogP) is 0.586. The van der Waals surface area contributed by atoms with Crippen LogP contribution in [0.4, 0.5) is 5.13 Å². The summed E-state index contributed by atoms with van der Waals surface area (Å²) in [5.74, 6) is 0.683. The van der Waals surface area contributed by atoms with Gasteiger partial charge in [-0.2, -0.15) is 4.98 Å².